The molecule has 0 saturated heterocycles. The molecule has 0 aromatic heterocycles. The molecule has 192 valence electrons. The molecular formula is C31H44O4. The van der Waals surface area contributed by atoms with Gasteiger partial charge in [-0.25, -0.2) is 9.59 Å². The fourth-order valence-corrected chi connectivity index (χ4v) is 3.69. The quantitative estimate of drug-likeness (QED) is 0.154. The SMILES string of the molecule is C=C(CCC)CCCCC.CCCC(CC(C)OC(=O)c1ccccc1)OC(=O)c1ccccc1. The van der Waals surface area contributed by atoms with Crippen LogP contribution in [0.3, 0.4) is 0 Å². The predicted octanol–water partition coefficient (Wildman–Crippen LogP) is 8.57. The summed E-state index contributed by atoms with van der Waals surface area (Å²) in [5.74, 6) is -0.710. The van der Waals surface area contributed by atoms with E-state index >= 15 is 0 Å². The highest BCUT2D eigenvalue weighted by molar-refractivity contribution is 5.90. The van der Waals surface area contributed by atoms with Crippen molar-refractivity contribution in [1.82, 2.24) is 0 Å². The van der Waals surface area contributed by atoms with Crippen molar-refractivity contribution < 1.29 is 19.1 Å². The van der Waals surface area contributed by atoms with Crippen LogP contribution in [0.1, 0.15) is 106 Å². The number of carbonyl (C=O) groups is 2. The molecule has 0 aliphatic rings. The molecule has 0 heterocycles. The van der Waals surface area contributed by atoms with E-state index in [0.29, 0.717) is 17.5 Å². The van der Waals surface area contributed by atoms with Gasteiger partial charge in [0.2, 0.25) is 0 Å². The normalized spacial score (nSPS) is 12.0. The van der Waals surface area contributed by atoms with Crippen LogP contribution in [0.4, 0.5) is 0 Å². The Kier molecular flexibility index (Phi) is 15.9. The van der Waals surface area contributed by atoms with Gasteiger partial charge >= 0.3 is 11.9 Å². The van der Waals surface area contributed by atoms with Gasteiger partial charge in [-0.15, -0.1) is 0 Å². The average Bonchev–Trinajstić information content (AvgIpc) is 2.86. The van der Waals surface area contributed by atoms with Gasteiger partial charge in [0.15, 0.2) is 0 Å². The second-order valence-electron chi connectivity index (χ2n) is 8.96. The van der Waals surface area contributed by atoms with E-state index < -0.39 is 0 Å². The lowest BCUT2D eigenvalue weighted by molar-refractivity contribution is 0.00162. The van der Waals surface area contributed by atoms with Gasteiger partial charge in [0, 0.05) is 6.42 Å². The second kappa shape index (κ2) is 18.4. The fraction of sp³-hybridized carbons (Fsp3) is 0.484. The fourth-order valence-electron chi connectivity index (χ4n) is 3.69. The summed E-state index contributed by atoms with van der Waals surface area (Å²) in [6, 6.07) is 17.8. The smallest absolute Gasteiger partial charge is 0.338 e. The average molecular weight is 481 g/mol. The van der Waals surface area contributed by atoms with Gasteiger partial charge in [0.1, 0.15) is 12.2 Å². The molecule has 4 nitrogen and oxygen atoms in total. The molecule has 0 aliphatic carbocycles. The highest BCUT2D eigenvalue weighted by Gasteiger charge is 2.21. The molecule has 0 spiro atoms. The molecular weight excluding hydrogens is 436 g/mol. The van der Waals surface area contributed by atoms with E-state index in [1.165, 1.54) is 44.1 Å². The Balaban J connectivity index is 0.000000518. The van der Waals surface area contributed by atoms with Crippen LogP contribution >= 0.6 is 0 Å². The molecule has 0 fully saturated rings. The number of ether oxygens (including phenoxy) is 2. The number of carbonyl (C=O) groups excluding carboxylic acids is 2. The lowest BCUT2D eigenvalue weighted by Crippen LogP contribution is -2.25. The number of rotatable bonds is 14. The van der Waals surface area contributed by atoms with Crippen molar-refractivity contribution in [2.75, 3.05) is 0 Å². The molecule has 0 saturated carbocycles. The van der Waals surface area contributed by atoms with E-state index in [9.17, 15) is 9.59 Å². The topological polar surface area (TPSA) is 52.6 Å². The summed E-state index contributed by atoms with van der Waals surface area (Å²) in [5.41, 5.74) is 2.48. The number of esters is 2. The molecule has 2 aromatic rings. The summed E-state index contributed by atoms with van der Waals surface area (Å²) in [4.78, 5) is 24.3. The molecule has 35 heavy (non-hydrogen) atoms. The Morgan fingerprint density at radius 2 is 1.29 bits per heavy atom. The maximum atomic E-state index is 12.2. The van der Waals surface area contributed by atoms with Crippen molar-refractivity contribution in [2.45, 2.75) is 97.7 Å². The van der Waals surface area contributed by atoms with E-state index in [-0.39, 0.29) is 24.1 Å². The largest absolute Gasteiger partial charge is 0.459 e. The first-order valence-electron chi connectivity index (χ1n) is 13.1. The molecule has 2 atom stereocenters. The van der Waals surface area contributed by atoms with Gasteiger partial charge in [-0.1, -0.05) is 95.0 Å². The predicted molar refractivity (Wildman–Crippen MR) is 145 cm³/mol. The Labute approximate surface area is 212 Å². The second-order valence-corrected chi connectivity index (χ2v) is 8.96. The minimum atomic E-state index is -0.363. The summed E-state index contributed by atoms with van der Waals surface area (Å²) in [6.07, 6.45) is 9.22. The van der Waals surface area contributed by atoms with Crippen LogP contribution < -0.4 is 0 Å². The first-order valence-corrected chi connectivity index (χ1v) is 13.1. The lowest BCUT2D eigenvalue weighted by Gasteiger charge is -2.21. The first kappa shape index (κ1) is 30.2. The third-order valence-electron chi connectivity index (χ3n) is 5.54. The van der Waals surface area contributed by atoms with E-state index in [1.807, 2.05) is 26.0 Å². The summed E-state index contributed by atoms with van der Waals surface area (Å²) in [6.45, 7) is 12.3. The van der Waals surface area contributed by atoms with Gasteiger partial charge in [-0.2, -0.15) is 0 Å². The zero-order chi connectivity index (χ0) is 25.9. The van der Waals surface area contributed by atoms with Gasteiger partial charge < -0.3 is 9.47 Å². The Morgan fingerprint density at radius 1 is 0.743 bits per heavy atom. The van der Waals surface area contributed by atoms with Gasteiger partial charge in [-0.3, -0.25) is 0 Å². The van der Waals surface area contributed by atoms with Crippen LogP contribution in [-0.4, -0.2) is 24.1 Å². The Morgan fingerprint density at radius 3 is 1.77 bits per heavy atom. The minimum absolute atomic E-state index is 0.281. The zero-order valence-electron chi connectivity index (χ0n) is 22.1. The summed E-state index contributed by atoms with van der Waals surface area (Å²) in [7, 11) is 0. The van der Waals surface area contributed by atoms with E-state index in [1.54, 1.807) is 48.5 Å². The van der Waals surface area contributed by atoms with Crippen LogP contribution in [0.15, 0.2) is 72.8 Å². The van der Waals surface area contributed by atoms with E-state index in [2.05, 4.69) is 20.4 Å². The van der Waals surface area contributed by atoms with E-state index in [4.69, 9.17) is 9.47 Å². The lowest BCUT2D eigenvalue weighted by atomic mass is 10.1. The maximum absolute atomic E-state index is 12.2. The summed E-state index contributed by atoms with van der Waals surface area (Å²) < 4.78 is 11.1. The molecule has 2 aromatic carbocycles. The van der Waals surface area contributed by atoms with Crippen molar-refractivity contribution in [3.05, 3.63) is 83.9 Å². The van der Waals surface area contributed by atoms with Crippen LogP contribution in [0.25, 0.3) is 0 Å². The molecule has 4 heteroatoms. The highest BCUT2D eigenvalue weighted by atomic mass is 16.6. The standard InChI is InChI=1S/C21H24O4.C10H20/c1-3-10-19(25-21(23)18-13-8-5-9-14-18)15-16(2)24-20(22)17-11-6-4-7-12-17;1-4-6-7-9-10(3)8-5-2/h4-9,11-14,16,19H,3,10,15H2,1-2H3;3-9H2,1-2H3. The molecule has 2 unspecified atom stereocenters. The molecule has 0 aliphatic heterocycles. The monoisotopic (exact) mass is 480 g/mol. The number of hydrogen-bond acceptors (Lipinski definition) is 4. The molecule has 0 radical (unpaired) electrons. The maximum Gasteiger partial charge on any atom is 0.338 e. The summed E-state index contributed by atoms with van der Waals surface area (Å²) >= 11 is 0. The number of benzene rings is 2. The Hall–Kier alpha value is -2.88. The Bertz CT molecular complexity index is 845. The van der Waals surface area contributed by atoms with Gasteiger partial charge in [0.05, 0.1) is 11.1 Å². The molecule has 0 N–H and O–H groups in total. The number of hydrogen-bond donors (Lipinski definition) is 0. The summed E-state index contributed by atoms with van der Waals surface area (Å²) in [5, 5.41) is 0. The van der Waals surface area contributed by atoms with Crippen molar-refractivity contribution in [3.63, 3.8) is 0 Å². The number of unbranched alkanes of at least 4 members (excludes halogenated alkanes) is 2. The molecule has 2 rings (SSSR count). The third kappa shape index (κ3) is 13.6. The number of allylic oxidation sites excluding steroid dienone is 1. The third-order valence-corrected chi connectivity index (χ3v) is 5.54. The van der Waals surface area contributed by atoms with Crippen molar-refractivity contribution in [1.29, 1.82) is 0 Å². The first-order chi connectivity index (χ1) is 16.9. The van der Waals surface area contributed by atoms with Crippen LogP contribution in [0.2, 0.25) is 0 Å². The van der Waals surface area contributed by atoms with Crippen molar-refractivity contribution >= 4 is 11.9 Å². The minimum Gasteiger partial charge on any atom is -0.459 e. The van der Waals surface area contributed by atoms with E-state index in [0.717, 1.165) is 12.8 Å². The van der Waals surface area contributed by atoms with Crippen LogP contribution in [0, 0.1) is 0 Å². The van der Waals surface area contributed by atoms with Crippen molar-refractivity contribution in [2.24, 2.45) is 0 Å². The highest BCUT2D eigenvalue weighted by Crippen LogP contribution is 2.16. The van der Waals surface area contributed by atoms with Crippen molar-refractivity contribution in [3.8, 4) is 0 Å². The zero-order valence-corrected chi connectivity index (χ0v) is 22.1. The molecule has 0 bridgehead atoms. The van der Waals surface area contributed by atoms with Gasteiger partial charge in [0.25, 0.3) is 0 Å². The molecule has 0 amide bonds. The van der Waals surface area contributed by atoms with Crippen LogP contribution in [-0.2, 0) is 9.47 Å². The van der Waals surface area contributed by atoms with Gasteiger partial charge in [-0.05, 0) is 56.9 Å². The van der Waals surface area contributed by atoms with Crippen LogP contribution in [0.5, 0.6) is 0 Å².